The fourth-order valence-electron chi connectivity index (χ4n) is 2.36. The Morgan fingerprint density at radius 1 is 1.24 bits per heavy atom. The highest BCUT2D eigenvalue weighted by Gasteiger charge is 2.21. The summed E-state index contributed by atoms with van der Waals surface area (Å²) in [6.45, 7) is 7.11. The second-order valence-corrected chi connectivity index (χ2v) is 4.76. The first kappa shape index (κ1) is 12.1. The van der Waals surface area contributed by atoms with E-state index in [2.05, 4.69) is 24.8 Å². The van der Waals surface area contributed by atoms with Crippen LogP contribution in [0.2, 0.25) is 0 Å². The third-order valence-corrected chi connectivity index (χ3v) is 2.98. The Kier molecular flexibility index (Phi) is 3.78. The Bertz CT molecular complexity index is 397. The van der Waals surface area contributed by atoms with Crippen molar-refractivity contribution in [2.45, 2.75) is 32.6 Å². The third kappa shape index (κ3) is 3.29. The molecule has 1 heterocycles. The molecule has 1 saturated heterocycles. The number of hydrogen-bond acceptors (Lipinski definition) is 3. The maximum atomic E-state index is 8.74. The van der Waals surface area contributed by atoms with Crippen molar-refractivity contribution in [3.8, 4) is 6.07 Å². The van der Waals surface area contributed by atoms with E-state index < -0.39 is 0 Å². The van der Waals surface area contributed by atoms with E-state index in [-0.39, 0.29) is 0 Å². The van der Waals surface area contributed by atoms with E-state index in [9.17, 15) is 0 Å². The Balaban J connectivity index is 1.98. The molecule has 0 amide bonds. The molecule has 17 heavy (non-hydrogen) atoms. The Hall–Kier alpha value is -1.37. The molecule has 2 atom stereocenters. The molecular formula is C14H18N2O. The van der Waals surface area contributed by atoms with E-state index in [4.69, 9.17) is 10.00 Å². The maximum absolute atomic E-state index is 8.74. The van der Waals surface area contributed by atoms with Gasteiger partial charge in [0.2, 0.25) is 0 Å². The van der Waals surface area contributed by atoms with Crippen LogP contribution in [0.1, 0.15) is 25.0 Å². The van der Waals surface area contributed by atoms with Crippen molar-refractivity contribution < 1.29 is 4.74 Å². The van der Waals surface area contributed by atoms with Gasteiger partial charge in [0, 0.05) is 19.6 Å². The summed E-state index contributed by atoms with van der Waals surface area (Å²) in [6, 6.07) is 9.96. The molecule has 1 aliphatic rings. The molecule has 1 aromatic carbocycles. The van der Waals surface area contributed by atoms with E-state index in [1.807, 2.05) is 24.3 Å². The van der Waals surface area contributed by atoms with Crippen LogP contribution in [0.25, 0.3) is 0 Å². The summed E-state index contributed by atoms with van der Waals surface area (Å²) in [4.78, 5) is 2.40. The first-order valence-corrected chi connectivity index (χ1v) is 6.04. The molecule has 0 radical (unpaired) electrons. The molecule has 1 aromatic rings. The number of nitriles is 1. The van der Waals surface area contributed by atoms with Crippen LogP contribution in [0.3, 0.4) is 0 Å². The molecule has 3 heteroatoms. The first-order chi connectivity index (χ1) is 8.17. The van der Waals surface area contributed by atoms with Crippen molar-refractivity contribution in [3.05, 3.63) is 35.4 Å². The molecule has 3 nitrogen and oxygen atoms in total. The summed E-state index contributed by atoms with van der Waals surface area (Å²) in [5.74, 6) is 0. The van der Waals surface area contributed by atoms with Gasteiger partial charge in [-0.25, -0.2) is 0 Å². The molecule has 0 unspecified atom stereocenters. The predicted octanol–water partition coefficient (Wildman–Crippen LogP) is 2.17. The van der Waals surface area contributed by atoms with Gasteiger partial charge in [0.1, 0.15) is 0 Å². The predicted molar refractivity (Wildman–Crippen MR) is 66.4 cm³/mol. The van der Waals surface area contributed by atoms with Gasteiger partial charge in [0.05, 0.1) is 23.8 Å². The minimum atomic E-state index is 0.303. The lowest BCUT2D eigenvalue weighted by Crippen LogP contribution is -2.44. The number of ether oxygens (including phenoxy) is 1. The topological polar surface area (TPSA) is 36.3 Å². The first-order valence-electron chi connectivity index (χ1n) is 6.04. The van der Waals surface area contributed by atoms with E-state index in [1.165, 1.54) is 5.56 Å². The Labute approximate surface area is 103 Å². The molecule has 1 aliphatic heterocycles. The summed E-state index contributed by atoms with van der Waals surface area (Å²) in [7, 11) is 0. The van der Waals surface area contributed by atoms with E-state index >= 15 is 0 Å². The van der Waals surface area contributed by atoms with Gasteiger partial charge in [-0.3, -0.25) is 4.90 Å². The monoisotopic (exact) mass is 230 g/mol. The average molecular weight is 230 g/mol. The van der Waals surface area contributed by atoms with Crippen LogP contribution < -0.4 is 0 Å². The number of morpholine rings is 1. The Morgan fingerprint density at radius 2 is 1.82 bits per heavy atom. The highest BCUT2D eigenvalue weighted by molar-refractivity contribution is 5.31. The van der Waals surface area contributed by atoms with Crippen molar-refractivity contribution in [1.82, 2.24) is 4.90 Å². The summed E-state index contributed by atoms with van der Waals surface area (Å²) >= 11 is 0. The molecule has 0 saturated carbocycles. The third-order valence-electron chi connectivity index (χ3n) is 2.98. The summed E-state index contributed by atoms with van der Waals surface area (Å²) in [5.41, 5.74) is 1.97. The molecular weight excluding hydrogens is 212 g/mol. The van der Waals surface area contributed by atoms with Gasteiger partial charge in [0.25, 0.3) is 0 Å². The highest BCUT2D eigenvalue weighted by Crippen LogP contribution is 2.14. The zero-order chi connectivity index (χ0) is 12.3. The van der Waals surface area contributed by atoms with E-state index in [0.29, 0.717) is 12.2 Å². The van der Waals surface area contributed by atoms with Crippen molar-refractivity contribution in [2.75, 3.05) is 13.1 Å². The standard InChI is InChI=1S/C14H18N2O/c1-11-8-16(9-12(2)17-11)10-14-5-3-13(7-15)4-6-14/h3-6,11-12H,8-10H2,1-2H3/t11-,12+. The molecule has 0 aliphatic carbocycles. The van der Waals surface area contributed by atoms with Crippen LogP contribution in [0, 0.1) is 11.3 Å². The number of rotatable bonds is 2. The van der Waals surface area contributed by atoms with Crippen LogP contribution >= 0.6 is 0 Å². The molecule has 1 fully saturated rings. The fraction of sp³-hybridized carbons (Fsp3) is 0.500. The second-order valence-electron chi connectivity index (χ2n) is 4.76. The molecule has 0 N–H and O–H groups in total. The minimum Gasteiger partial charge on any atom is -0.373 e. The summed E-state index contributed by atoms with van der Waals surface area (Å²) in [6.07, 6.45) is 0.606. The van der Waals surface area contributed by atoms with Gasteiger partial charge in [-0.15, -0.1) is 0 Å². The number of nitrogens with zero attached hydrogens (tertiary/aromatic N) is 2. The molecule has 90 valence electrons. The van der Waals surface area contributed by atoms with Gasteiger partial charge in [0.15, 0.2) is 0 Å². The van der Waals surface area contributed by atoms with Gasteiger partial charge in [-0.2, -0.15) is 5.26 Å². The summed E-state index contributed by atoms with van der Waals surface area (Å²) in [5, 5.41) is 8.74. The van der Waals surface area contributed by atoms with Gasteiger partial charge in [-0.05, 0) is 31.5 Å². The van der Waals surface area contributed by atoms with Crippen molar-refractivity contribution >= 4 is 0 Å². The molecule has 0 aromatic heterocycles. The highest BCUT2D eigenvalue weighted by atomic mass is 16.5. The SMILES string of the molecule is C[C@@H]1CN(Cc2ccc(C#N)cc2)C[C@H](C)O1. The minimum absolute atomic E-state index is 0.303. The van der Waals surface area contributed by atoms with Gasteiger partial charge >= 0.3 is 0 Å². The lowest BCUT2D eigenvalue weighted by molar-refractivity contribution is -0.0704. The zero-order valence-electron chi connectivity index (χ0n) is 10.4. The van der Waals surface area contributed by atoms with Crippen LogP contribution in [-0.4, -0.2) is 30.2 Å². The second kappa shape index (κ2) is 5.31. The zero-order valence-corrected chi connectivity index (χ0v) is 10.4. The molecule has 2 rings (SSSR count). The van der Waals surface area contributed by atoms with Crippen LogP contribution in [-0.2, 0) is 11.3 Å². The number of hydrogen-bond donors (Lipinski definition) is 0. The van der Waals surface area contributed by atoms with Crippen molar-refractivity contribution in [2.24, 2.45) is 0 Å². The quantitative estimate of drug-likeness (QED) is 0.781. The summed E-state index contributed by atoms with van der Waals surface area (Å²) < 4.78 is 5.71. The maximum Gasteiger partial charge on any atom is 0.0991 e. The van der Waals surface area contributed by atoms with E-state index in [0.717, 1.165) is 25.2 Å². The van der Waals surface area contributed by atoms with Gasteiger partial charge in [-0.1, -0.05) is 12.1 Å². The van der Waals surface area contributed by atoms with Crippen molar-refractivity contribution in [3.63, 3.8) is 0 Å². The fourth-order valence-corrected chi connectivity index (χ4v) is 2.36. The van der Waals surface area contributed by atoms with Crippen LogP contribution in [0.15, 0.2) is 24.3 Å². The van der Waals surface area contributed by atoms with Crippen molar-refractivity contribution in [1.29, 1.82) is 5.26 Å². The lowest BCUT2D eigenvalue weighted by Gasteiger charge is -2.35. The lowest BCUT2D eigenvalue weighted by atomic mass is 10.1. The van der Waals surface area contributed by atoms with Crippen LogP contribution in [0.5, 0.6) is 0 Å². The molecule has 0 bridgehead atoms. The largest absolute Gasteiger partial charge is 0.373 e. The Morgan fingerprint density at radius 3 is 2.35 bits per heavy atom. The normalized spacial score (nSPS) is 25.5. The van der Waals surface area contributed by atoms with Crippen LogP contribution in [0.4, 0.5) is 0 Å². The smallest absolute Gasteiger partial charge is 0.0991 e. The average Bonchev–Trinajstić information content (AvgIpc) is 2.28. The molecule has 0 spiro atoms. The number of benzene rings is 1. The van der Waals surface area contributed by atoms with E-state index in [1.54, 1.807) is 0 Å². The van der Waals surface area contributed by atoms with Gasteiger partial charge < -0.3 is 4.74 Å².